The standard InChI is InChI=1S/C11H17ClN2/c1-8(2)9(3)7-14-11-10(12)5-4-6-13-11/h4-6,8-9H,7H2,1-3H3,(H,13,14). The molecule has 1 aromatic heterocycles. The van der Waals surface area contributed by atoms with E-state index in [2.05, 4.69) is 31.1 Å². The van der Waals surface area contributed by atoms with E-state index in [1.807, 2.05) is 12.1 Å². The molecule has 0 aliphatic heterocycles. The Hall–Kier alpha value is -0.760. The summed E-state index contributed by atoms with van der Waals surface area (Å²) in [6, 6.07) is 3.68. The Morgan fingerprint density at radius 3 is 2.71 bits per heavy atom. The molecule has 0 saturated heterocycles. The lowest BCUT2D eigenvalue weighted by atomic mass is 9.98. The molecule has 1 heterocycles. The van der Waals surface area contributed by atoms with Crippen molar-refractivity contribution < 1.29 is 0 Å². The number of aromatic nitrogens is 1. The smallest absolute Gasteiger partial charge is 0.144 e. The Bertz CT molecular complexity index is 286. The molecular weight excluding hydrogens is 196 g/mol. The van der Waals surface area contributed by atoms with E-state index in [1.54, 1.807) is 6.20 Å². The average molecular weight is 213 g/mol. The van der Waals surface area contributed by atoms with Gasteiger partial charge in [0, 0.05) is 12.7 Å². The molecule has 0 radical (unpaired) electrons. The first kappa shape index (κ1) is 11.3. The van der Waals surface area contributed by atoms with Crippen molar-refractivity contribution >= 4 is 17.4 Å². The minimum atomic E-state index is 0.619. The summed E-state index contributed by atoms with van der Waals surface area (Å²) in [6.07, 6.45) is 1.74. The minimum Gasteiger partial charge on any atom is -0.369 e. The van der Waals surface area contributed by atoms with E-state index in [4.69, 9.17) is 11.6 Å². The molecule has 1 rings (SSSR count). The van der Waals surface area contributed by atoms with Crippen LogP contribution in [0.4, 0.5) is 5.82 Å². The van der Waals surface area contributed by atoms with Gasteiger partial charge in [0.25, 0.3) is 0 Å². The number of anilines is 1. The summed E-state index contributed by atoms with van der Waals surface area (Å²) < 4.78 is 0. The van der Waals surface area contributed by atoms with Gasteiger partial charge in [0.2, 0.25) is 0 Å². The molecule has 0 aliphatic rings. The van der Waals surface area contributed by atoms with E-state index in [0.29, 0.717) is 16.9 Å². The lowest BCUT2D eigenvalue weighted by Crippen LogP contribution is -2.16. The maximum absolute atomic E-state index is 5.96. The normalized spacial score (nSPS) is 12.9. The second-order valence-corrected chi connectivity index (χ2v) is 4.34. The van der Waals surface area contributed by atoms with Crippen LogP contribution >= 0.6 is 11.6 Å². The molecule has 1 N–H and O–H groups in total. The monoisotopic (exact) mass is 212 g/mol. The van der Waals surface area contributed by atoms with Crippen LogP contribution in [0.5, 0.6) is 0 Å². The molecule has 1 unspecified atom stereocenters. The minimum absolute atomic E-state index is 0.619. The van der Waals surface area contributed by atoms with Crippen molar-refractivity contribution in [3.05, 3.63) is 23.4 Å². The van der Waals surface area contributed by atoms with Crippen molar-refractivity contribution in [2.75, 3.05) is 11.9 Å². The lowest BCUT2D eigenvalue weighted by molar-refractivity contribution is 0.439. The number of hydrogen-bond acceptors (Lipinski definition) is 2. The summed E-state index contributed by atoms with van der Waals surface area (Å²) in [4.78, 5) is 4.17. The summed E-state index contributed by atoms with van der Waals surface area (Å²) in [7, 11) is 0. The third-order valence-corrected chi connectivity index (χ3v) is 2.79. The molecular formula is C11H17ClN2. The highest BCUT2D eigenvalue weighted by Gasteiger charge is 2.07. The van der Waals surface area contributed by atoms with Crippen LogP contribution in [-0.4, -0.2) is 11.5 Å². The molecule has 3 heteroatoms. The molecule has 0 fully saturated rings. The van der Waals surface area contributed by atoms with Crippen molar-refractivity contribution in [2.24, 2.45) is 11.8 Å². The number of nitrogens with zero attached hydrogens (tertiary/aromatic N) is 1. The van der Waals surface area contributed by atoms with Crippen molar-refractivity contribution in [2.45, 2.75) is 20.8 Å². The molecule has 0 saturated carbocycles. The highest BCUT2D eigenvalue weighted by atomic mass is 35.5. The van der Waals surface area contributed by atoms with Crippen LogP contribution < -0.4 is 5.32 Å². The van der Waals surface area contributed by atoms with Crippen LogP contribution in [0.2, 0.25) is 5.02 Å². The molecule has 1 atom stereocenters. The fourth-order valence-corrected chi connectivity index (χ4v) is 1.20. The summed E-state index contributed by atoms with van der Waals surface area (Å²) >= 11 is 5.96. The Morgan fingerprint density at radius 2 is 2.14 bits per heavy atom. The van der Waals surface area contributed by atoms with Crippen molar-refractivity contribution in [1.29, 1.82) is 0 Å². The first-order chi connectivity index (χ1) is 6.61. The largest absolute Gasteiger partial charge is 0.369 e. The fourth-order valence-electron chi connectivity index (χ4n) is 1.01. The van der Waals surface area contributed by atoms with Gasteiger partial charge >= 0.3 is 0 Å². The van der Waals surface area contributed by atoms with Crippen LogP contribution in [-0.2, 0) is 0 Å². The Morgan fingerprint density at radius 1 is 1.43 bits per heavy atom. The first-order valence-corrected chi connectivity index (χ1v) is 5.33. The summed E-state index contributed by atoms with van der Waals surface area (Å²) in [5.41, 5.74) is 0. The van der Waals surface area contributed by atoms with E-state index in [-0.39, 0.29) is 0 Å². The van der Waals surface area contributed by atoms with Crippen LogP contribution in [0, 0.1) is 11.8 Å². The Kier molecular flexibility index (Phi) is 4.21. The van der Waals surface area contributed by atoms with Crippen molar-refractivity contribution in [1.82, 2.24) is 4.98 Å². The summed E-state index contributed by atoms with van der Waals surface area (Å²) in [5.74, 6) is 2.07. The number of rotatable bonds is 4. The quantitative estimate of drug-likeness (QED) is 0.827. The molecule has 78 valence electrons. The van der Waals surface area contributed by atoms with Crippen molar-refractivity contribution in [3.63, 3.8) is 0 Å². The van der Waals surface area contributed by atoms with Gasteiger partial charge in [0.05, 0.1) is 5.02 Å². The zero-order chi connectivity index (χ0) is 10.6. The van der Waals surface area contributed by atoms with E-state index in [1.165, 1.54) is 0 Å². The van der Waals surface area contributed by atoms with Crippen LogP contribution in [0.3, 0.4) is 0 Å². The molecule has 0 amide bonds. The predicted molar refractivity (Wildman–Crippen MR) is 61.7 cm³/mol. The molecule has 14 heavy (non-hydrogen) atoms. The maximum Gasteiger partial charge on any atom is 0.144 e. The predicted octanol–water partition coefficient (Wildman–Crippen LogP) is 3.44. The third-order valence-electron chi connectivity index (χ3n) is 2.49. The lowest BCUT2D eigenvalue weighted by Gasteiger charge is -2.16. The topological polar surface area (TPSA) is 24.9 Å². The number of halogens is 1. The van der Waals surface area contributed by atoms with Gasteiger partial charge < -0.3 is 5.32 Å². The Labute approximate surface area is 90.7 Å². The number of pyridine rings is 1. The van der Waals surface area contributed by atoms with Gasteiger partial charge in [-0.1, -0.05) is 32.4 Å². The van der Waals surface area contributed by atoms with Crippen molar-refractivity contribution in [3.8, 4) is 0 Å². The van der Waals surface area contributed by atoms with E-state index in [0.717, 1.165) is 12.4 Å². The molecule has 2 nitrogen and oxygen atoms in total. The van der Waals surface area contributed by atoms with Gasteiger partial charge in [0.15, 0.2) is 0 Å². The molecule has 0 aliphatic carbocycles. The second kappa shape index (κ2) is 5.20. The van der Waals surface area contributed by atoms with Gasteiger partial charge in [-0.15, -0.1) is 0 Å². The number of hydrogen-bond donors (Lipinski definition) is 1. The van der Waals surface area contributed by atoms with Gasteiger partial charge in [-0.05, 0) is 24.0 Å². The van der Waals surface area contributed by atoms with Crippen LogP contribution in [0.25, 0.3) is 0 Å². The highest BCUT2D eigenvalue weighted by molar-refractivity contribution is 6.32. The van der Waals surface area contributed by atoms with E-state index in [9.17, 15) is 0 Å². The maximum atomic E-state index is 5.96. The Balaban J connectivity index is 2.50. The zero-order valence-corrected chi connectivity index (χ0v) is 9.67. The molecule has 0 spiro atoms. The number of nitrogens with one attached hydrogen (secondary N) is 1. The van der Waals surface area contributed by atoms with Gasteiger partial charge in [0.1, 0.15) is 5.82 Å². The van der Waals surface area contributed by atoms with E-state index < -0.39 is 0 Å². The third kappa shape index (κ3) is 3.18. The molecule has 0 bridgehead atoms. The molecule has 0 aromatic carbocycles. The van der Waals surface area contributed by atoms with Crippen LogP contribution in [0.1, 0.15) is 20.8 Å². The average Bonchev–Trinajstić information content (AvgIpc) is 2.16. The summed E-state index contributed by atoms with van der Waals surface area (Å²) in [5, 5.41) is 3.93. The first-order valence-electron chi connectivity index (χ1n) is 4.95. The summed E-state index contributed by atoms with van der Waals surface area (Å²) in [6.45, 7) is 7.56. The van der Waals surface area contributed by atoms with E-state index >= 15 is 0 Å². The zero-order valence-electron chi connectivity index (χ0n) is 8.92. The van der Waals surface area contributed by atoms with Crippen LogP contribution in [0.15, 0.2) is 18.3 Å². The molecule has 1 aromatic rings. The second-order valence-electron chi connectivity index (χ2n) is 3.94. The SMILES string of the molecule is CC(C)C(C)CNc1ncccc1Cl. The van der Waals surface area contributed by atoms with Gasteiger partial charge in [-0.3, -0.25) is 0 Å². The van der Waals surface area contributed by atoms with Gasteiger partial charge in [-0.2, -0.15) is 0 Å². The fraction of sp³-hybridized carbons (Fsp3) is 0.545. The van der Waals surface area contributed by atoms with Gasteiger partial charge in [-0.25, -0.2) is 4.98 Å². The highest BCUT2D eigenvalue weighted by Crippen LogP contribution is 2.18.